The van der Waals surface area contributed by atoms with Crippen LogP contribution in [-0.4, -0.2) is 32.1 Å². The van der Waals surface area contributed by atoms with Crippen LogP contribution in [-0.2, 0) is 16.4 Å². The van der Waals surface area contributed by atoms with Crippen LogP contribution in [0, 0.1) is 0 Å². The van der Waals surface area contributed by atoms with E-state index in [9.17, 15) is 8.42 Å². The SMILES string of the molecule is CC(C)NCc1ccc(OCCS(=O)(=O)C(C)C)c(Br)c1. The van der Waals surface area contributed by atoms with Gasteiger partial charge in [0.25, 0.3) is 0 Å². The number of hydrogen-bond donors (Lipinski definition) is 1. The van der Waals surface area contributed by atoms with Gasteiger partial charge < -0.3 is 10.1 Å². The fourth-order valence-corrected chi connectivity index (χ4v) is 2.92. The van der Waals surface area contributed by atoms with E-state index < -0.39 is 9.84 Å². The predicted octanol–water partition coefficient (Wildman–Crippen LogP) is 3.15. The van der Waals surface area contributed by atoms with Crippen LogP contribution in [0.3, 0.4) is 0 Å². The van der Waals surface area contributed by atoms with Crippen molar-refractivity contribution in [1.82, 2.24) is 5.32 Å². The van der Waals surface area contributed by atoms with Crippen molar-refractivity contribution in [3.63, 3.8) is 0 Å². The summed E-state index contributed by atoms with van der Waals surface area (Å²) in [5.41, 5.74) is 1.15. The maximum atomic E-state index is 11.7. The highest BCUT2D eigenvalue weighted by Crippen LogP contribution is 2.26. The average molecular weight is 378 g/mol. The first-order valence-corrected chi connectivity index (χ1v) is 9.59. The van der Waals surface area contributed by atoms with Gasteiger partial charge in [0, 0.05) is 12.6 Å². The van der Waals surface area contributed by atoms with Gasteiger partial charge in [0.15, 0.2) is 9.84 Å². The molecule has 0 bridgehead atoms. The number of hydrogen-bond acceptors (Lipinski definition) is 4. The lowest BCUT2D eigenvalue weighted by atomic mass is 10.2. The van der Waals surface area contributed by atoms with E-state index in [1.54, 1.807) is 13.8 Å². The van der Waals surface area contributed by atoms with Crippen molar-refractivity contribution >= 4 is 25.8 Å². The molecule has 0 unspecified atom stereocenters. The molecule has 1 aromatic rings. The molecule has 1 N–H and O–H groups in total. The summed E-state index contributed by atoms with van der Waals surface area (Å²) in [5.74, 6) is 0.704. The van der Waals surface area contributed by atoms with Crippen molar-refractivity contribution in [1.29, 1.82) is 0 Å². The minimum atomic E-state index is -3.06. The van der Waals surface area contributed by atoms with Gasteiger partial charge in [-0.25, -0.2) is 8.42 Å². The number of rotatable bonds is 8. The predicted molar refractivity (Wildman–Crippen MR) is 90.5 cm³/mol. The third-order valence-corrected chi connectivity index (χ3v) is 5.85. The third kappa shape index (κ3) is 6.36. The van der Waals surface area contributed by atoms with Crippen molar-refractivity contribution in [2.45, 2.75) is 45.5 Å². The number of ether oxygens (including phenoxy) is 1. The molecule has 0 amide bonds. The Bertz CT molecular complexity index is 556. The molecule has 0 saturated heterocycles. The topological polar surface area (TPSA) is 55.4 Å². The molecule has 0 aliphatic heterocycles. The van der Waals surface area contributed by atoms with Crippen LogP contribution >= 0.6 is 15.9 Å². The van der Waals surface area contributed by atoms with Crippen LogP contribution in [0.5, 0.6) is 5.75 Å². The molecule has 0 fully saturated rings. The zero-order valence-corrected chi connectivity index (χ0v) is 15.4. The number of nitrogens with one attached hydrogen (secondary N) is 1. The zero-order valence-electron chi connectivity index (χ0n) is 13.0. The van der Waals surface area contributed by atoms with Crippen molar-refractivity contribution in [3.8, 4) is 5.75 Å². The van der Waals surface area contributed by atoms with Gasteiger partial charge in [-0.1, -0.05) is 19.9 Å². The molecular formula is C15H24BrNO3S. The summed E-state index contributed by atoms with van der Waals surface area (Å²) in [6.07, 6.45) is 0. The van der Waals surface area contributed by atoms with E-state index in [0.29, 0.717) is 11.8 Å². The fraction of sp³-hybridized carbons (Fsp3) is 0.600. The molecule has 0 aliphatic rings. The van der Waals surface area contributed by atoms with Gasteiger partial charge in [-0.05, 0) is 47.5 Å². The molecule has 0 heterocycles. The Morgan fingerprint density at radius 1 is 1.24 bits per heavy atom. The number of halogens is 1. The van der Waals surface area contributed by atoms with Gasteiger partial charge in [0.1, 0.15) is 12.4 Å². The summed E-state index contributed by atoms with van der Waals surface area (Å²) < 4.78 is 29.8. The summed E-state index contributed by atoms with van der Waals surface area (Å²) in [4.78, 5) is 0. The van der Waals surface area contributed by atoms with Crippen LogP contribution in [0.15, 0.2) is 22.7 Å². The maximum Gasteiger partial charge on any atom is 0.155 e. The molecule has 1 rings (SSSR count). The van der Waals surface area contributed by atoms with Gasteiger partial charge >= 0.3 is 0 Å². The molecule has 4 nitrogen and oxygen atoms in total. The molecular weight excluding hydrogens is 354 g/mol. The first-order valence-electron chi connectivity index (χ1n) is 7.08. The lowest BCUT2D eigenvalue weighted by molar-refractivity contribution is 0.338. The highest BCUT2D eigenvalue weighted by Gasteiger charge is 2.16. The molecule has 0 spiro atoms. The molecule has 0 saturated carbocycles. The Morgan fingerprint density at radius 3 is 2.43 bits per heavy atom. The number of benzene rings is 1. The standard InChI is InChI=1S/C15H24BrNO3S/c1-11(2)17-10-13-5-6-15(14(16)9-13)20-7-8-21(18,19)12(3)4/h5-6,9,11-12,17H,7-8,10H2,1-4H3. The number of sulfone groups is 1. The van der Waals surface area contributed by atoms with Crippen LogP contribution in [0.4, 0.5) is 0 Å². The molecule has 0 aromatic heterocycles. The molecule has 0 aliphatic carbocycles. The fourth-order valence-electron chi connectivity index (χ4n) is 1.60. The van der Waals surface area contributed by atoms with Crippen molar-refractivity contribution in [3.05, 3.63) is 28.2 Å². The Morgan fingerprint density at radius 2 is 1.90 bits per heavy atom. The molecule has 120 valence electrons. The molecule has 6 heteroatoms. The second-order valence-electron chi connectivity index (χ2n) is 5.56. The Labute approximate surface area is 136 Å². The van der Waals surface area contributed by atoms with Crippen molar-refractivity contribution in [2.24, 2.45) is 0 Å². The first-order chi connectivity index (χ1) is 9.72. The van der Waals surface area contributed by atoms with Crippen LogP contribution < -0.4 is 10.1 Å². The second-order valence-corrected chi connectivity index (χ2v) is 9.10. The van der Waals surface area contributed by atoms with E-state index in [4.69, 9.17) is 4.74 Å². The lowest BCUT2D eigenvalue weighted by Crippen LogP contribution is -2.22. The first kappa shape index (κ1) is 18.5. The smallest absolute Gasteiger partial charge is 0.155 e. The highest BCUT2D eigenvalue weighted by molar-refractivity contribution is 9.10. The minimum absolute atomic E-state index is 0.0355. The second kappa shape index (κ2) is 8.15. The minimum Gasteiger partial charge on any atom is -0.491 e. The highest BCUT2D eigenvalue weighted by atomic mass is 79.9. The van der Waals surface area contributed by atoms with Crippen LogP contribution in [0.2, 0.25) is 0 Å². The summed E-state index contributed by atoms with van der Waals surface area (Å²) in [6, 6.07) is 6.26. The van der Waals surface area contributed by atoms with Crippen molar-refractivity contribution in [2.75, 3.05) is 12.4 Å². The molecule has 1 aromatic carbocycles. The average Bonchev–Trinajstić information content (AvgIpc) is 2.38. The quantitative estimate of drug-likeness (QED) is 0.755. The molecule has 0 radical (unpaired) electrons. The molecule has 0 atom stereocenters. The Balaban J connectivity index is 2.57. The third-order valence-electron chi connectivity index (χ3n) is 3.05. The van der Waals surface area contributed by atoms with E-state index in [1.165, 1.54) is 0 Å². The van der Waals surface area contributed by atoms with E-state index in [0.717, 1.165) is 16.6 Å². The summed E-state index contributed by atoms with van der Waals surface area (Å²) in [7, 11) is -3.06. The van der Waals surface area contributed by atoms with Gasteiger partial charge in [-0.15, -0.1) is 0 Å². The van der Waals surface area contributed by atoms with E-state index in [1.807, 2.05) is 18.2 Å². The van der Waals surface area contributed by atoms with E-state index in [-0.39, 0.29) is 17.6 Å². The lowest BCUT2D eigenvalue weighted by Gasteiger charge is -2.12. The zero-order chi connectivity index (χ0) is 16.0. The van der Waals surface area contributed by atoms with Gasteiger partial charge in [-0.2, -0.15) is 0 Å². The van der Waals surface area contributed by atoms with E-state index >= 15 is 0 Å². The normalized spacial score (nSPS) is 12.1. The Hall–Kier alpha value is -0.590. The maximum absolute atomic E-state index is 11.7. The van der Waals surface area contributed by atoms with E-state index in [2.05, 4.69) is 35.1 Å². The summed E-state index contributed by atoms with van der Waals surface area (Å²) >= 11 is 3.46. The summed E-state index contributed by atoms with van der Waals surface area (Å²) in [6.45, 7) is 8.52. The monoisotopic (exact) mass is 377 g/mol. The van der Waals surface area contributed by atoms with Gasteiger partial charge in [-0.3, -0.25) is 0 Å². The van der Waals surface area contributed by atoms with Crippen molar-refractivity contribution < 1.29 is 13.2 Å². The largest absolute Gasteiger partial charge is 0.491 e. The Kier molecular flexibility index (Phi) is 7.16. The van der Waals surface area contributed by atoms with Gasteiger partial charge in [0.2, 0.25) is 0 Å². The van der Waals surface area contributed by atoms with Crippen LogP contribution in [0.25, 0.3) is 0 Å². The van der Waals surface area contributed by atoms with Gasteiger partial charge in [0.05, 0.1) is 15.5 Å². The molecule has 21 heavy (non-hydrogen) atoms. The van der Waals surface area contributed by atoms with Crippen LogP contribution in [0.1, 0.15) is 33.3 Å². The summed E-state index contributed by atoms with van der Waals surface area (Å²) in [5, 5.41) is 2.98.